The van der Waals surface area contributed by atoms with Gasteiger partial charge in [-0.25, -0.2) is 0 Å². The molecule has 1 aromatic heterocycles. The van der Waals surface area contributed by atoms with Crippen LogP contribution in [0.15, 0.2) is 22.0 Å². The Morgan fingerprint density at radius 1 is 1.70 bits per heavy atom. The minimum atomic E-state index is 0.942. The minimum absolute atomic E-state index is 0.942. The second-order valence-corrected chi connectivity index (χ2v) is 3.04. The lowest BCUT2D eigenvalue weighted by atomic mass is 10.5. The topological polar surface area (TPSA) is 30.2 Å². The van der Waals surface area contributed by atoms with Crippen molar-refractivity contribution in [2.75, 3.05) is 0 Å². The molecule has 0 amide bonds. The molecule has 0 atom stereocenters. The molecule has 0 aliphatic heterocycles. The summed E-state index contributed by atoms with van der Waals surface area (Å²) >= 11 is 3.27. The van der Waals surface area contributed by atoms with Gasteiger partial charge >= 0.3 is 0 Å². The van der Waals surface area contributed by atoms with E-state index in [4.69, 9.17) is 0 Å². The summed E-state index contributed by atoms with van der Waals surface area (Å²) in [4.78, 5) is 1.53. The van der Waals surface area contributed by atoms with Gasteiger partial charge in [-0.3, -0.25) is 0 Å². The van der Waals surface area contributed by atoms with Crippen molar-refractivity contribution in [2.45, 2.75) is 13.8 Å². The lowest BCUT2D eigenvalue weighted by molar-refractivity contribution is 0.739. The SMILES string of the molecule is CC(C)=Nn1cc(Br)cn1. The maximum absolute atomic E-state index is 4.07. The van der Waals surface area contributed by atoms with Crippen LogP contribution in [-0.4, -0.2) is 15.6 Å². The minimum Gasteiger partial charge on any atom is -0.161 e. The van der Waals surface area contributed by atoms with Gasteiger partial charge in [-0.05, 0) is 29.8 Å². The molecule has 0 unspecified atom stereocenters. The number of aromatic nitrogens is 2. The van der Waals surface area contributed by atoms with Gasteiger partial charge in [0.2, 0.25) is 0 Å². The van der Waals surface area contributed by atoms with Crippen LogP contribution >= 0.6 is 15.9 Å². The maximum Gasteiger partial charge on any atom is 0.0654 e. The molecule has 54 valence electrons. The third kappa shape index (κ3) is 1.95. The molecular weight excluding hydrogens is 194 g/mol. The predicted molar refractivity (Wildman–Crippen MR) is 44.1 cm³/mol. The molecule has 4 heteroatoms. The Morgan fingerprint density at radius 3 is 2.80 bits per heavy atom. The molecule has 0 fully saturated rings. The number of hydrogen-bond acceptors (Lipinski definition) is 2. The second-order valence-electron chi connectivity index (χ2n) is 2.13. The molecule has 0 saturated carbocycles. The van der Waals surface area contributed by atoms with E-state index in [1.54, 1.807) is 12.4 Å². The van der Waals surface area contributed by atoms with Gasteiger partial charge in [-0.15, -0.1) is 0 Å². The second kappa shape index (κ2) is 2.96. The highest BCUT2D eigenvalue weighted by Crippen LogP contribution is 2.05. The summed E-state index contributed by atoms with van der Waals surface area (Å²) in [5.74, 6) is 0. The first-order valence-corrected chi connectivity index (χ1v) is 3.70. The molecule has 0 spiro atoms. The molecule has 1 rings (SSSR count). The number of rotatable bonds is 1. The Balaban J connectivity index is 2.86. The standard InChI is InChI=1S/C6H8BrN3/c1-5(2)9-10-4-6(7)3-8-10/h3-4H,1-2H3. The fraction of sp³-hybridized carbons (Fsp3) is 0.333. The van der Waals surface area contributed by atoms with Gasteiger partial charge < -0.3 is 0 Å². The molecule has 0 aliphatic rings. The van der Waals surface area contributed by atoms with Crippen molar-refractivity contribution < 1.29 is 0 Å². The molecule has 1 heterocycles. The third-order valence-corrected chi connectivity index (χ3v) is 1.25. The van der Waals surface area contributed by atoms with Gasteiger partial charge in [0.1, 0.15) is 0 Å². The van der Waals surface area contributed by atoms with Crippen molar-refractivity contribution in [1.29, 1.82) is 0 Å². The van der Waals surface area contributed by atoms with Crippen LogP contribution < -0.4 is 0 Å². The van der Waals surface area contributed by atoms with E-state index in [9.17, 15) is 0 Å². The summed E-state index contributed by atoms with van der Waals surface area (Å²) in [5, 5.41) is 8.01. The Labute approximate surface area is 67.9 Å². The summed E-state index contributed by atoms with van der Waals surface area (Å²) in [5.41, 5.74) is 0.982. The van der Waals surface area contributed by atoms with Crippen LogP contribution in [0.25, 0.3) is 0 Å². The zero-order chi connectivity index (χ0) is 7.56. The first-order valence-electron chi connectivity index (χ1n) is 2.91. The maximum atomic E-state index is 4.07. The lowest BCUT2D eigenvalue weighted by Gasteiger charge is -1.89. The van der Waals surface area contributed by atoms with Gasteiger partial charge in [0.25, 0.3) is 0 Å². The molecule has 0 aromatic carbocycles. The summed E-state index contributed by atoms with van der Waals surface area (Å²) in [6.07, 6.45) is 3.50. The van der Waals surface area contributed by atoms with Crippen molar-refractivity contribution >= 4 is 21.6 Å². The zero-order valence-corrected chi connectivity index (χ0v) is 7.46. The molecule has 3 nitrogen and oxygen atoms in total. The van der Waals surface area contributed by atoms with Crippen molar-refractivity contribution in [3.63, 3.8) is 0 Å². The first-order chi connectivity index (χ1) is 4.68. The van der Waals surface area contributed by atoms with Crippen molar-refractivity contribution in [1.82, 2.24) is 9.89 Å². The zero-order valence-electron chi connectivity index (χ0n) is 5.87. The summed E-state index contributed by atoms with van der Waals surface area (Å²) in [7, 11) is 0. The summed E-state index contributed by atoms with van der Waals surface area (Å²) in [6, 6.07) is 0. The summed E-state index contributed by atoms with van der Waals surface area (Å²) < 4.78 is 0.942. The van der Waals surface area contributed by atoms with Crippen molar-refractivity contribution in [2.24, 2.45) is 5.10 Å². The monoisotopic (exact) mass is 201 g/mol. The van der Waals surface area contributed by atoms with Crippen molar-refractivity contribution in [3.05, 3.63) is 16.9 Å². The molecular formula is C6H8BrN3. The number of halogens is 1. The highest BCUT2D eigenvalue weighted by Gasteiger charge is 1.89. The predicted octanol–water partition coefficient (Wildman–Crippen LogP) is 1.89. The molecule has 0 bridgehead atoms. The smallest absolute Gasteiger partial charge is 0.0654 e. The van der Waals surface area contributed by atoms with Gasteiger partial charge in [0, 0.05) is 5.71 Å². The largest absolute Gasteiger partial charge is 0.161 e. The number of nitrogens with zero attached hydrogens (tertiary/aromatic N) is 3. The van der Waals surface area contributed by atoms with Gasteiger partial charge in [-0.1, -0.05) is 0 Å². The quantitative estimate of drug-likeness (QED) is 0.639. The molecule has 10 heavy (non-hydrogen) atoms. The van der Waals surface area contributed by atoms with Gasteiger partial charge in [0.15, 0.2) is 0 Å². The Morgan fingerprint density at radius 2 is 2.40 bits per heavy atom. The van der Waals surface area contributed by atoms with E-state index >= 15 is 0 Å². The van der Waals surface area contributed by atoms with Crippen LogP contribution in [0.5, 0.6) is 0 Å². The Hall–Kier alpha value is -0.640. The summed E-state index contributed by atoms with van der Waals surface area (Å²) in [6.45, 7) is 3.85. The van der Waals surface area contributed by atoms with Crippen LogP contribution in [0.3, 0.4) is 0 Å². The van der Waals surface area contributed by atoms with Crippen LogP contribution in [0.1, 0.15) is 13.8 Å². The highest BCUT2D eigenvalue weighted by molar-refractivity contribution is 9.10. The molecule has 0 radical (unpaired) electrons. The van der Waals surface area contributed by atoms with E-state index in [0.717, 1.165) is 10.2 Å². The van der Waals surface area contributed by atoms with E-state index in [2.05, 4.69) is 26.1 Å². The third-order valence-electron chi connectivity index (χ3n) is 0.841. The fourth-order valence-corrected chi connectivity index (χ4v) is 0.826. The van der Waals surface area contributed by atoms with Gasteiger partial charge in [0.05, 0.1) is 16.9 Å². The average Bonchev–Trinajstić information content (AvgIpc) is 2.13. The molecule has 0 saturated heterocycles. The Bertz CT molecular complexity index is 247. The van der Waals surface area contributed by atoms with Crippen LogP contribution in [-0.2, 0) is 0 Å². The lowest BCUT2D eigenvalue weighted by Crippen LogP contribution is -1.92. The van der Waals surface area contributed by atoms with E-state index in [1.807, 2.05) is 13.8 Å². The van der Waals surface area contributed by atoms with E-state index in [0.29, 0.717) is 0 Å². The Kier molecular flexibility index (Phi) is 2.21. The van der Waals surface area contributed by atoms with Crippen molar-refractivity contribution in [3.8, 4) is 0 Å². The van der Waals surface area contributed by atoms with Crippen LogP contribution in [0.4, 0.5) is 0 Å². The van der Waals surface area contributed by atoms with E-state index in [1.165, 1.54) is 4.79 Å². The highest BCUT2D eigenvalue weighted by atomic mass is 79.9. The van der Waals surface area contributed by atoms with E-state index in [-0.39, 0.29) is 0 Å². The first kappa shape index (κ1) is 7.47. The molecule has 0 N–H and O–H groups in total. The normalized spacial score (nSPS) is 9.50. The van der Waals surface area contributed by atoms with Crippen LogP contribution in [0, 0.1) is 0 Å². The average molecular weight is 202 g/mol. The molecule has 1 aromatic rings. The molecule has 0 aliphatic carbocycles. The van der Waals surface area contributed by atoms with Crippen LogP contribution in [0.2, 0.25) is 0 Å². The fourth-order valence-electron chi connectivity index (χ4n) is 0.551. The number of hydrogen-bond donors (Lipinski definition) is 0. The van der Waals surface area contributed by atoms with E-state index < -0.39 is 0 Å². The van der Waals surface area contributed by atoms with Gasteiger partial charge in [-0.2, -0.15) is 15.0 Å².